The molecule has 0 unspecified atom stereocenters. The first-order chi connectivity index (χ1) is 14.2. The summed E-state index contributed by atoms with van der Waals surface area (Å²) >= 11 is 3.45. The molecule has 1 atom stereocenters. The minimum Gasteiger partial charge on any atom is -0.483 e. The standard InChI is InChI=1S/C23H28BrFN2O3/c1-5-17-10-11-21(19(24)12-17)30-14-22(28)27(16(4)23(29)26-15(2)3)13-18-8-6-7-9-20(18)25/h6-12,15-16H,5,13-14H2,1-4H3,(H,26,29)/t16-/m1/s1. The summed E-state index contributed by atoms with van der Waals surface area (Å²) in [6.07, 6.45) is 0.886. The number of hydrogen-bond donors (Lipinski definition) is 1. The Labute approximate surface area is 185 Å². The summed E-state index contributed by atoms with van der Waals surface area (Å²) in [7, 11) is 0. The number of carbonyl (C=O) groups is 2. The van der Waals surface area contributed by atoms with Gasteiger partial charge < -0.3 is 15.0 Å². The first-order valence-corrected chi connectivity index (χ1v) is 10.8. The zero-order chi connectivity index (χ0) is 22.3. The zero-order valence-electron chi connectivity index (χ0n) is 17.7. The maximum Gasteiger partial charge on any atom is 0.261 e. The number of nitrogens with zero attached hydrogens (tertiary/aromatic N) is 1. The first-order valence-electron chi connectivity index (χ1n) is 9.97. The lowest BCUT2D eigenvalue weighted by Crippen LogP contribution is -2.50. The Bertz CT molecular complexity index is 889. The van der Waals surface area contributed by atoms with Crippen molar-refractivity contribution in [1.29, 1.82) is 0 Å². The molecular weight excluding hydrogens is 451 g/mol. The van der Waals surface area contributed by atoms with Crippen LogP contribution in [0.3, 0.4) is 0 Å². The molecule has 1 N–H and O–H groups in total. The van der Waals surface area contributed by atoms with Crippen molar-refractivity contribution in [2.75, 3.05) is 6.61 Å². The van der Waals surface area contributed by atoms with E-state index in [1.807, 2.05) is 26.0 Å². The lowest BCUT2D eigenvalue weighted by molar-refractivity contribution is -0.142. The number of benzene rings is 2. The molecule has 0 saturated carbocycles. The molecule has 2 aromatic carbocycles. The smallest absolute Gasteiger partial charge is 0.261 e. The monoisotopic (exact) mass is 478 g/mol. The minimum absolute atomic E-state index is 0.0303. The zero-order valence-corrected chi connectivity index (χ0v) is 19.3. The summed E-state index contributed by atoms with van der Waals surface area (Å²) in [4.78, 5) is 26.8. The number of carbonyl (C=O) groups excluding carboxylic acids is 2. The maximum atomic E-state index is 14.2. The summed E-state index contributed by atoms with van der Waals surface area (Å²) in [5.41, 5.74) is 1.48. The average molecular weight is 479 g/mol. The van der Waals surface area contributed by atoms with E-state index >= 15 is 0 Å². The van der Waals surface area contributed by atoms with Crippen LogP contribution in [-0.4, -0.2) is 35.4 Å². The van der Waals surface area contributed by atoms with Gasteiger partial charge in [0.2, 0.25) is 5.91 Å². The van der Waals surface area contributed by atoms with Gasteiger partial charge in [-0.3, -0.25) is 9.59 Å². The first kappa shape index (κ1) is 23.9. The quantitative estimate of drug-likeness (QED) is 0.578. The van der Waals surface area contributed by atoms with E-state index in [1.165, 1.54) is 11.0 Å². The molecule has 2 rings (SSSR count). The molecule has 0 aliphatic carbocycles. The fourth-order valence-corrected chi connectivity index (χ4v) is 3.44. The van der Waals surface area contributed by atoms with E-state index in [0.717, 1.165) is 16.5 Å². The van der Waals surface area contributed by atoms with Crippen molar-refractivity contribution in [3.05, 3.63) is 63.9 Å². The van der Waals surface area contributed by atoms with Crippen LogP contribution in [0.5, 0.6) is 5.75 Å². The number of hydrogen-bond acceptors (Lipinski definition) is 3. The van der Waals surface area contributed by atoms with Crippen LogP contribution in [-0.2, 0) is 22.6 Å². The van der Waals surface area contributed by atoms with E-state index in [0.29, 0.717) is 11.3 Å². The lowest BCUT2D eigenvalue weighted by Gasteiger charge is -2.29. The van der Waals surface area contributed by atoms with Gasteiger partial charge in [0.15, 0.2) is 6.61 Å². The highest BCUT2D eigenvalue weighted by molar-refractivity contribution is 9.10. The average Bonchev–Trinajstić information content (AvgIpc) is 2.71. The van der Waals surface area contributed by atoms with Crippen molar-refractivity contribution < 1.29 is 18.7 Å². The van der Waals surface area contributed by atoms with Crippen LogP contribution in [0, 0.1) is 5.82 Å². The molecule has 0 aromatic heterocycles. The van der Waals surface area contributed by atoms with E-state index in [9.17, 15) is 14.0 Å². The van der Waals surface area contributed by atoms with Gasteiger partial charge in [0.25, 0.3) is 5.91 Å². The molecule has 0 heterocycles. The van der Waals surface area contributed by atoms with Gasteiger partial charge in [-0.1, -0.05) is 31.2 Å². The van der Waals surface area contributed by atoms with Crippen LogP contribution in [0.2, 0.25) is 0 Å². The second-order valence-corrected chi connectivity index (χ2v) is 8.21. The van der Waals surface area contributed by atoms with Gasteiger partial charge in [-0.15, -0.1) is 0 Å². The van der Waals surface area contributed by atoms with Crippen LogP contribution in [0.4, 0.5) is 4.39 Å². The Kier molecular flexibility index (Phi) is 8.84. The number of ether oxygens (including phenoxy) is 1. The molecule has 162 valence electrons. The third-order valence-corrected chi connectivity index (χ3v) is 5.27. The second-order valence-electron chi connectivity index (χ2n) is 7.36. The van der Waals surface area contributed by atoms with Crippen molar-refractivity contribution in [1.82, 2.24) is 10.2 Å². The molecule has 5 nitrogen and oxygen atoms in total. The molecule has 0 aliphatic rings. The summed E-state index contributed by atoms with van der Waals surface area (Å²) < 4.78 is 20.6. The molecule has 0 spiro atoms. The topological polar surface area (TPSA) is 58.6 Å². The molecule has 0 bridgehead atoms. The van der Waals surface area contributed by atoms with Crippen molar-refractivity contribution in [2.45, 2.75) is 52.7 Å². The van der Waals surface area contributed by atoms with E-state index in [4.69, 9.17) is 4.74 Å². The highest BCUT2D eigenvalue weighted by atomic mass is 79.9. The molecule has 0 aliphatic heterocycles. The molecule has 2 aromatic rings. The van der Waals surface area contributed by atoms with Gasteiger partial charge in [0, 0.05) is 18.2 Å². The van der Waals surface area contributed by atoms with Crippen LogP contribution >= 0.6 is 15.9 Å². The summed E-state index contributed by atoms with van der Waals surface area (Å²) in [6, 6.07) is 11.0. The predicted octanol–water partition coefficient (Wildman–Crippen LogP) is 4.47. The van der Waals surface area contributed by atoms with Crippen molar-refractivity contribution in [2.24, 2.45) is 0 Å². The fourth-order valence-electron chi connectivity index (χ4n) is 2.90. The molecule has 2 amide bonds. The maximum absolute atomic E-state index is 14.2. The molecule has 0 radical (unpaired) electrons. The number of nitrogens with one attached hydrogen (secondary N) is 1. The van der Waals surface area contributed by atoms with E-state index in [2.05, 4.69) is 28.2 Å². The molecule has 30 heavy (non-hydrogen) atoms. The molecule has 0 fully saturated rings. The number of amides is 2. The van der Waals surface area contributed by atoms with Gasteiger partial charge in [-0.05, 0) is 66.9 Å². The third kappa shape index (κ3) is 6.55. The van der Waals surface area contributed by atoms with Gasteiger partial charge in [-0.25, -0.2) is 4.39 Å². The Morgan fingerprint density at radius 3 is 2.47 bits per heavy atom. The summed E-state index contributed by atoms with van der Waals surface area (Å²) in [5.74, 6) is -0.601. The Balaban J connectivity index is 2.18. The predicted molar refractivity (Wildman–Crippen MR) is 119 cm³/mol. The fraction of sp³-hybridized carbons (Fsp3) is 0.391. The largest absolute Gasteiger partial charge is 0.483 e. The minimum atomic E-state index is -0.783. The number of aryl methyl sites for hydroxylation is 1. The van der Waals surface area contributed by atoms with Crippen molar-refractivity contribution in [3.8, 4) is 5.75 Å². The van der Waals surface area contributed by atoms with Crippen LogP contribution in [0.1, 0.15) is 38.8 Å². The van der Waals surface area contributed by atoms with Gasteiger partial charge in [0.1, 0.15) is 17.6 Å². The second kappa shape index (κ2) is 11.1. The van der Waals surface area contributed by atoms with Crippen molar-refractivity contribution in [3.63, 3.8) is 0 Å². The highest BCUT2D eigenvalue weighted by Gasteiger charge is 2.27. The highest BCUT2D eigenvalue weighted by Crippen LogP contribution is 2.26. The summed E-state index contributed by atoms with van der Waals surface area (Å²) in [6.45, 7) is 7.07. The molecular formula is C23H28BrFN2O3. The third-order valence-electron chi connectivity index (χ3n) is 4.65. The van der Waals surface area contributed by atoms with Gasteiger partial charge >= 0.3 is 0 Å². The van der Waals surface area contributed by atoms with E-state index < -0.39 is 17.8 Å². The van der Waals surface area contributed by atoms with Gasteiger partial charge in [0.05, 0.1) is 4.47 Å². The SMILES string of the molecule is CCc1ccc(OCC(=O)N(Cc2ccccc2F)[C@H](C)C(=O)NC(C)C)c(Br)c1. The Morgan fingerprint density at radius 2 is 1.87 bits per heavy atom. The van der Waals surface area contributed by atoms with Crippen LogP contribution in [0.15, 0.2) is 46.9 Å². The van der Waals surface area contributed by atoms with Crippen molar-refractivity contribution >= 4 is 27.7 Å². The molecule has 0 saturated heterocycles. The van der Waals surface area contributed by atoms with E-state index in [-0.39, 0.29) is 25.1 Å². The van der Waals surface area contributed by atoms with E-state index in [1.54, 1.807) is 31.2 Å². The number of rotatable bonds is 9. The normalized spacial score (nSPS) is 11.8. The van der Waals surface area contributed by atoms with Crippen LogP contribution in [0.25, 0.3) is 0 Å². The van der Waals surface area contributed by atoms with Gasteiger partial charge in [-0.2, -0.15) is 0 Å². The molecule has 7 heteroatoms. The Hall–Kier alpha value is -2.41. The van der Waals surface area contributed by atoms with Crippen LogP contribution < -0.4 is 10.1 Å². The Morgan fingerprint density at radius 1 is 1.17 bits per heavy atom. The lowest BCUT2D eigenvalue weighted by atomic mass is 10.1. The summed E-state index contributed by atoms with van der Waals surface area (Å²) in [5, 5.41) is 2.80. The number of halogens is 2.